The largest absolute Gasteiger partial charge is 0.455 e. The fourth-order valence-corrected chi connectivity index (χ4v) is 7.59. The molecule has 250 valence electrons. The molecule has 8 aromatic carbocycles. The van der Waals surface area contributed by atoms with E-state index in [4.69, 9.17) is 8.83 Å². The SMILES string of the molecule is C=Cc1ccc(-c2ccc(N(c3ccc(-c4cccc5c4oc4ccccc45)cc3)c3ccc(-c4cccc5c4oc4ccccc45)cc3)cc2)cc1. The molecule has 2 heterocycles. The van der Waals surface area contributed by atoms with Gasteiger partial charge in [0.1, 0.15) is 22.3 Å². The molecule has 0 unspecified atom stereocenters. The van der Waals surface area contributed by atoms with Crippen LogP contribution in [0, 0.1) is 0 Å². The van der Waals surface area contributed by atoms with Gasteiger partial charge in [0.2, 0.25) is 0 Å². The molecule has 0 saturated carbocycles. The van der Waals surface area contributed by atoms with Gasteiger partial charge in [-0.1, -0.05) is 146 Å². The molecule has 0 atom stereocenters. The van der Waals surface area contributed by atoms with Gasteiger partial charge >= 0.3 is 0 Å². The summed E-state index contributed by atoms with van der Waals surface area (Å²) in [6.07, 6.45) is 1.87. The van der Waals surface area contributed by atoms with Crippen molar-refractivity contribution in [1.82, 2.24) is 0 Å². The van der Waals surface area contributed by atoms with E-state index >= 15 is 0 Å². The van der Waals surface area contributed by atoms with Crippen molar-refractivity contribution >= 4 is 67.0 Å². The molecule has 0 aliphatic carbocycles. The van der Waals surface area contributed by atoms with Crippen molar-refractivity contribution in [3.8, 4) is 33.4 Å². The molecular formula is C50H33NO2. The predicted octanol–water partition coefficient (Wildman–Crippen LogP) is 14.6. The normalized spacial score (nSPS) is 11.5. The zero-order valence-corrected chi connectivity index (χ0v) is 28.9. The Labute approximate surface area is 307 Å². The number of anilines is 3. The Morgan fingerprint density at radius 2 is 0.736 bits per heavy atom. The second kappa shape index (κ2) is 12.6. The minimum absolute atomic E-state index is 0.901. The topological polar surface area (TPSA) is 29.5 Å². The van der Waals surface area contributed by atoms with E-state index in [9.17, 15) is 0 Å². The minimum atomic E-state index is 0.901. The predicted molar refractivity (Wildman–Crippen MR) is 222 cm³/mol. The first-order valence-electron chi connectivity index (χ1n) is 17.9. The maximum atomic E-state index is 6.38. The summed E-state index contributed by atoms with van der Waals surface area (Å²) < 4.78 is 12.8. The number of furan rings is 2. The Bertz CT molecular complexity index is 2770. The highest BCUT2D eigenvalue weighted by atomic mass is 16.3. The second-order valence-corrected chi connectivity index (χ2v) is 13.4. The van der Waals surface area contributed by atoms with Gasteiger partial charge in [-0.15, -0.1) is 0 Å². The Morgan fingerprint density at radius 3 is 1.17 bits per heavy atom. The van der Waals surface area contributed by atoms with E-state index in [2.05, 4.69) is 169 Å². The average molecular weight is 680 g/mol. The highest BCUT2D eigenvalue weighted by Crippen LogP contribution is 2.41. The van der Waals surface area contributed by atoms with Gasteiger partial charge in [-0.3, -0.25) is 0 Å². The lowest BCUT2D eigenvalue weighted by Crippen LogP contribution is -2.09. The summed E-state index contributed by atoms with van der Waals surface area (Å²) in [4.78, 5) is 2.31. The fraction of sp³-hybridized carbons (Fsp3) is 0. The van der Waals surface area contributed by atoms with Crippen molar-refractivity contribution in [2.24, 2.45) is 0 Å². The van der Waals surface area contributed by atoms with Crippen molar-refractivity contribution in [1.29, 1.82) is 0 Å². The average Bonchev–Trinajstić information content (AvgIpc) is 3.81. The van der Waals surface area contributed by atoms with E-state index in [0.717, 1.165) is 94.3 Å². The number of benzene rings is 8. The lowest BCUT2D eigenvalue weighted by molar-refractivity contribution is 0.669. The Balaban J connectivity index is 1.05. The second-order valence-electron chi connectivity index (χ2n) is 13.4. The highest BCUT2D eigenvalue weighted by molar-refractivity contribution is 6.10. The molecule has 10 rings (SSSR count). The van der Waals surface area contributed by atoms with Gasteiger partial charge < -0.3 is 13.7 Å². The first-order valence-corrected chi connectivity index (χ1v) is 17.9. The van der Waals surface area contributed by atoms with Crippen molar-refractivity contribution in [2.75, 3.05) is 4.90 Å². The van der Waals surface area contributed by atoms with Gasteiger partial charge in [-0.25, -0.2) is 0 Å². The first-order chi connectivity index (χ1) is 26.2. The number of fused-ring (bicyclic) bond motifs is 6. The summed E-state index contributed by atoms with van der Waals surface area (Å²) in [5, 5.41) is 4.52. The van der Waals surface area contributed by atoms with Gasteiger partial charge in [-0.05, 0) is 76.3 Å². The molecule has 2 aromatic heterocycles. The van der Waals surface area contributed by atoms with Crippen molar-refractivity contribution in [2.45, 2.75) is 0 Å². The molecule has 0 amide bonds. The molecule has 3 nitrogen and oxygen atoms in total. The third-order valence-electron chi connectivity index (χ3n) is 10.3. The molecule has 10 aromatic rings. The third-order valence-corrected chi connectivity index (χ3v) is 10.3. The van der Waals surface area contributed by atoms with Gasteiger partial charge in [0.15, 0.2) is 0 Å². The summed E-state index contributed by atoms with van der Waals surface area (Å²) >= 11 is 0. The summed E-state index contributed by atoms with van der Waals surface area (Å²) in [5.74, 6) is 0. The van der Waals surface area contributed by atoms with Gasteiger partial charge in [0.05, 0.1) is 0 Å². The van der Waals surface area contributed by atoms with Crippen LogP contribution in [0.1, 0.15) is 5.56 Å². The number of para-hydroxylation sites is 4. The van der Waals surface area contributed by atoms with Crippen LogP contribution in [0.25, 0.3) is 83.3 Å². The van der Waals surface area contributed by atoms with E-state index in [1.165, 1.54) is 5.56 Å². The van der Waals surface area contributed by atoms with Gasteiger partial charge in [0, 0.05) is 49.7 Å². The summed E-state index contributed by atoms with van der Waals surface area (Å²) in [6, 6.07) is 64.1. The van der Waals surface area contributed by atoms with Crippen LogP contribution in [-0.4, -0.2) is 0 Å². The Morgan fingerprint density at radius 1 is 0.358 bits per heavy atom. The van der Waals surface area contributed by atoms with Crippen LogP contribution in [-0.2, 0) is 0 Å². The molecule has 0 bridgehead atoms. The van der Waals surface area contributed by atoms with Crippen LogP contribution < -0.4 is 4.90 Å². The summed E-state index contributed by atoms with van der Waals surface area (Å²) in [5.41, 5.74) is 14.6. The zero-order valence-electron chi connectivity index (χ0n) is 28.9. The quantitative estimate of drug-likeness (QED) is 0.168. The molecule has 3 heteroatoms. The Hall–Kier alpha value is -7.10. The molecule has 0 aliphatic heterocycles. The van der Waals surface area contributed by atoms with E-state index in [1.807, 2.05) is 30.3 Å². The number of hydrogen-bond donors (Lipinski definition) is 0. The molecule has 0 fully saturated rings. The maximum absolute atomic E-state index is 6.38. The monoisotopic (exact) mass is 679 g/mol. The van der Waals surface area contributed by atoms with Gasteiger partial charge in [0.25, 0.3) is 0 Å². The van der Waals surface area contributed by atoms with E-state index in [1.54, 1.807) is 0 Å². The molecule has 0 radical (unpaired) electrons. The van der Waals surface area contributed by atoms with E-state index in [-0.39, 0.29) is 0 Å². The van der Waals surface area contributed by atoms with Crippen LogP contribution in [0.2, 0.25) is 0 Å². The van der Waals surface area contributed by atoms with E-state index < -0.39 is 0 Å². The number of nitrogens with zero attached hydrogens (tertiary/aromatic N) is 1. The highest BCUT2D eigenvalue weighted by Gasteiger charge is 2.17. The van der Waals surface area contributed by atoms with Crippen molar-refractivity contribution in [3.05, 3.63) is 194 Å². The summed E-state index contributed by atoms with van der Waals surface area (Å²) in [7, 11) is 0. The molecular weight excluding hydrogens is 647 g/mol. The van der Waals surface area contributed by atoms with Crippen LogP contribution >= 0.6 is 0 Å². The lowest BCUT2D eigenvalue weighted by atomic mass is 10.0. The lowest BCUT2D eigenvalue weighted by Gasteiger charge is -2.26. The molecule has 0 spiro atoms. The minimum Gasteiger partial charge on any atom is -0.455 e. The van der Waals surface area contributed by atoms with Crippen molar-refractivity contribution in [3.63, 3.8) is 0 Å². The standard InChI is InChI=1S/C50H33NO2/c1-2-33-17-19-34(20-18-33)35-21-27-38(28-22-35)51(39-29-23-36(24-30-39)41-11-7-13-45-43-9-3-5-15-47(43)52-49(41)45)40-31-25-37(26-32-40)42-12-8-14-46-44-10-4-6-16-48(44)53-50(42)46/h2-32H,1H2. The molecule has 0 saturated heterocycles. The maximum Gasteiger partial charge on any atom is 0.143 e. The van der Waals surface area contributed by atoms with Crippen LogP contribution in [0.15, 0.2) is 197 Å². The van der Waals surface area contributed by atoms with Crippen LogP contribution in [0.3, 0.4) is 0 Å². The summed E-state index contributed by atoms with van der Waals surface area (Å²) in [6.45, 7) is 3.90. The van der Waals surface area contributed by atoms with Gasteiger partial charge in [-0.2, -0.15) is 0 Å². The number of hydrogen-bond acceptors (Lipinski definition) is 3. The molecule has 0 aliphatic rings. The third kappa shape index (κ3) is 5.30. The van der Waals surface area contributed by atoms with Crippen molar-refractivity contribution < 1.29 is 8.83 Å². The number of rotatable bonds is 7. The first kappa shape index (κ1) is 30.7. The smallest absolute Gasteiger partial charge is 0.143 e. The zero-order chi connectivity index (χ0) is 35.3. The molecule has 53 heavy (non-hydrogen) atoms. The molecule has 0 N–H and O–H groups in total. The fourth-order valence-electron chi connectivity index (χ4n) is 7.59. The van der Waals surface area contributed by atoms with Crippen LogP contribution in [0.5, 0.6) is 0 Å². The van der Waals surface area contributed by atoms with Crippen LogP contribution in [0.4, 0.5) is 17.1 Å². The van der Waals surface area contributed by atoms with E-state index in [0.29, 0.717) is 0 Å². The Kier molecular flexibility index (Phi) is 7.29.